The summed E-state index contributed by atoms with van der Waals surface area (Å²) in [5.41, 5.74) is 2.94. The Morgan fingerprint density at radius 3 is 2.64 bits per heavy atom. The van der Waals surface area contributed by atoms with Crippen LogP contribution in [-0.4, -0.2) is 20.0 Å². The van der Waals surface area contributed by atoms with Crippen molar-refractivity contribution < 1.29 is 14.3 Å². The molecule has 1 fully saturated rings. The van der Waals surface area contributed by atoms with Crippen LogP contribution in [0.1, 0.15) is 33.8 Å². The fourth-order valence-electron chi connectivity index (χ4n) is 2.94. The first-order valence-corrected chi connectivity index (χ1v) is 7.47. The summed E-state index contributed by atoms with van der Waals surface area (Å²) in [4.78, 5) is 12.8. The van der Waals surface area contributed by atoms with E-state index in [2.05, 4.69) is 6.07 Å². The van der Waals surface area contributed by atoms with E-state index in [1.807, 2.05) is 43.3 Å². The van der Waals surface area contributed by atoms with E-state index in [1.54, 1.807) is 14.2 Å². The maximum Gasteiger partial charge on any atom is 0.170 e. The smallest absolute Gasteiger partial charge is 0.170 e. The molecule has 0 N–H and O–H groups in total. The Kier molecular flexibility index (Phi) is 3.88. The van der Waals surface area contributed by atoms with E-state index in [-0.39, 0.29) is 17.6 Å². The molecule has 1 aliphatic rings. The minimum Gasteiger partial charge on any atom is -0.497 e. The number of hydrogen-bond donors (Lipinski definition) is 0. The van der Waals surface area contributed by atoms with E-state index in [9.17, 15) is 4.79 Å². The van der Waals surface area contributed by atoms with Crippen LogP contribution in [0.25, 0.3) is 0 Å². The van der Waals surface area contributed by atoms with Crippen molar-refractivity contribution in [2.45, 2.75) is 19.3 Å². The third-order valence-electron chi connectivity index (χ3n) is 4.27. The molecule has 0 amide bonds. The second-order valence-electron chi connectivity index (χ2n) is 5.79. The molecule has 0 bridgehead atoms. The number of ether oxygens (including phenoxy) is 2. The fourth-order valence-corrected chi connectivity index (χ4v) is 2.94. The normalized spacial score (nSPS) is 19.6. The number of methoxy groups -OCH3 is 2. The molecule has 2 aromatic rings. The molecule has 0 aliphatic heterocycles. The van der Waals surface area contributed by atoms with Crippen LogP contribution in [0.2, 0.25) is 0 Å². The Morgan fingerprint density at radius 2 is 1.91 bits per heavy atom. The van der Waals surface area contributed by atoms with Crippen molar-refractivity contribution in [3.8, 4) is 11.5 Å². The van der Waals surface area contributed by atoms with Crippen molar-refractivity contribution >= 4 is 5.78 Å². The van der Waals surface area contributed by atoms with Gasteiger partial charge in [-0.15, -0.1) is 0 Å². The predicted octanol–water partition coefficient (Wildman–Crippen LogP) is 4.00. The number of benzene rings is 2. The topological polar surface area (TPSA) is 35.5 Å². The van der Waals surface area contributed by atoms with Crippen LogP contribution in [0.5, 0.6) is 11.5 Å². The van der Waals surface area contributed by atoms with Crippen LogP contribution < -0.4 is 9.47 Å². The number of Topliss-reactive ketones (excluding diaryl/α,β-unsaturated/α-hetero) is 1. The molecular formula is C19H20O3. The highest BCUT2D eigenvalue weighted by Gasteiger charge is 2.44. The summed E-state index contributed by atoms with van der Waals surface area (Å²) in [5, 5.41) is 0. The van der Waals surface area contributed by atoms with Gasteiger partial charge in [-0.3, -0.25) is 4.79 Å². The van der Waals surface area contributed by atoms with Gasteiger partial charge >= 0.3 is 0 Å². The van der Waals surface area contributed by atoms with Gasteiger partial charge in [0.15, 0.2) is 5.78 Å². The van der Waals surface area contributed by atoms with Crippen LogP contribution >= 0.6 is 0 Å². The van der Waals surface area contributed by atoms with Gasteiger partial charge in [0.1, 0.15) is 11.5 Å². The van der Waals surface area contributed by atoms with Crippen molar-refractivity contribution in [3.05, 3.63) is 59.2 Å². The summed E-state index contributed by atoms with van der Waals surface area (Å²) in [6.07, 6.45) is 0.892. The molecule has 2 atom stereocenters. The average molecular weight is 296 g/mol. The largest absolute Gasteiger partial charge is 0.497 e. The molecule has 22 heavy (non-hydrogen) atoms. The van der Waals surface area contributed by atoms with Crippen molar-refractivity contribution in [1.82, 2.24) is 0 Å². The highest BCUT2D eigenvalue weighted by molar-refractivity contribution is 6.02. The van der Waals surface area contributed by atoms with Crippen LogP contribution in [0.15, 0.2) is 42.5 Å². The van der Waals surface area contributed by atoms with Crippen LogP contribution in [0.3, 0.4) is 0 Å². The molecule has 3 nitrogen and oxygen atoms in total. The summed E-state index contributed by atoms with van der Waals surface area (Å²) < 4.78 is 10.6. The van der Waals surface area contributed by atoms with Gasteiger partial charge in [0, 0.05) is 5.92 Å². The second-order valence-corrected chi connectivity index (χ2v) is 5.79. The lowest BCUT2D eigenvalue weighted by molar-refractivity contribution is 0.0962. The summed E-state index contributed by atoms with van der Waals surface area (Å²) in [7, 11) is 3.26. The average Bonchev–Trinajstić information content (AvgIpc) is 3.35. The Bertz CT molecular complexity index is 706. The highest BCUT2D eigenvalue weighted by Crippen LogP contribution is 2.50. The highest BCUT2D eigenvalue weighted by atomic mass is 16.5. The van der Waals surface area contributed by atoms with E-state index in [0.717, 1.165) is 17.7 Å². The lowest BCUT2D eigenvalue weighted by Gasteiger charge is -2.09. The SMILES string of the molecule is COc1cccc(C2CC2C(=O)c2cc(C)ccc2OC)c1. The van der Waals surface area contributed by atoms with Gasteiger partial charge in [-0.25, -0.2) is 0 Å². The molecule has 0 aromatic heterocycles. The fraction of sp³-hybridized carbons (Fsp3) is 0.316. The first-order chi connectivity index (χ1) is 10.6. The summed E-state index contributed by atoms with van der Waals surface area (Å²) >= 11 is 0. The number of carbonyl (C=O) groups is 1. The molecule has 0 radical (unpaired) electrons. The summed E-state index contributed by atoms with van der Waals surface area (Å²) in [6, 6.07) is 13.7. The van der Waals surface area contributed by atoms with Crippen molar-refractivity contribution in [1.29, 1.82) is 0 Å². The molecule has 0 spiro atoms. The monoisotopic (exact) mass is 296 g/mol. The van der Waals surface area contributed by atoms with Gasteiger partial charge < -0.3 is 9.47 Å². The van der Waals surface area contributed by atoms with Gasteiger partial charge in [-0.1, -0.05) is 23.8 Å². The molecule has 114 valence electrons. The standard InChI is InChI=1S/C19H20O3/c1-12-7-8-18(22-3)17(9-12)19(20)16-11-15(16)13-5-4-6-14(10-13)21-2/h4-10,15-16H,11H2,1-3H3. The lowest BCUT2D eigenvalue weighted by Crippen LogP contribution is -2.06. The minimum absolute atomic E-state index is 0.0443. The zero-order valence-electron chi connectivity index (χ0n) is 13.1. The molecule has 3 heteroatoms. The first kappa shape index (κ1) is 14.6. The zero-order chi connectivity index (χ0) is 15.7. The van der Waals surface area contributed by atoms with Gasteiger partial charge in [0.2, 0.25) is 0 Å². The van der Waals surface area contributed by atoms with E-state index >= 15 is 0 Å². The van der Waals surface area contributed by atoms with Crippen LogP contribution in [0, 0.1) is 12.8 Å². The molecule has 3 rings (SSSR count). The van der Waals surface area contributed by atoms with E-state index in [4.69, 9.17) is 9.47 Å². The van der Waals surface area contributed by atoms with Crippen molar-refractivity contribution in [2.75, 3.05) is 14.2 Å². The number of rotatable bonds is 5. The number of carbonyl (C=O) groups excluding carboxylic acids is 1. The molecule has 0 heterocycles. The summed E-state index contributed by atoms with van der Waals surface area (Å²) in [6.45, 7) is 1.99. The number of ketones is 1. The van der Waals surface area contributed by atoms with Gasteiger partial charge in [-0.2, -0.15) is 0 Å². The molecule has 2 unspecified atom stereocenters. The van der Waals surface area contributed by atoms with Gasteiger partial charge in [0.05, 0.1) is 19.8 Å². The second kappa shape index (κ2) is 5.84. The Balaban J connectivity index is 1.82. The molecular weight excluding hydrogens is 276 g/mol. The third-order valence-corrected chi connectivity index (χ3v) is 4.27. The zero-order valence-corrected chi connectivity index (χ0v) is 13.1. The third kappa shape index (κ3) is 2.71. The maximum atomic E-state index is 12.8. The van der Waals surface area contributed by atoms with Crippen molar-refractivity contribution in [2.24, 2.45) is 5.92 Å². The lowest BCUT2D eigenvalue weighted by atomic mass is 10.0. The Labute approximate surface area is 130 Å². The minimum atomic E-state index is 0.0443. The van der Waals surface area contributed by atoms with Crippen LogP contribution in [0.4, 0.5) is 0 Å². The van der Waals surface area contributed by atoms with Gasteiger partial charge in [-0.05, 0) is 49.1 Å². The number of hydrogen-bond acceptors (Lipinski definition) is 3. The molecule has 1 aliphatic carbocycles. The van der Waals surface area contributed by atoms with Gasteiger partial charge in [0.25, 0.3) is 0 Å². The molecule has 1 saturated carbocycles. The van der Waals surface area contributed by atoms with Crippen LogP contribution in [-0.2, 0) is 0 Å². The Hall–Kier alpha value is -2.29. The maximum absolute atomic E-state index is 12.8. The molecule has 0 saturated heterocycles. The van der Waals surface area contributed by atoms with E-state index in [0.29, 0.717) is 11.3 Å². The molecule has 2 aromatic carbocycles. The predicted molar refractivity (Wildman–Crippen MR) is 85.9 cm³/mol. The summed E-state index contributed by atoms with van der Waals surface area (Å²) in [5.74, 6) is 2.00. The van der Waals surface area contributed by atoms with E-state index < -0.39 is 0 Å². The Morgan fingerprint density at radius 1 is 1.09 bits per heavy atom. The van der Waals surface area contributed by atoms with E-state index in [1.165, 1.54) is 5.56 Å². The first-order valence-electron chi connectivity index (χ1n) is 7.47. The van der Waals surface area contributed by atoms with Crippen molar-refractivity contribution in [3.63, 3.8) is 0 Å². The number of aryl methyl sites for hydroxylation is 1. The quantitative estimate of drug-likeness (QED) is 0.782.